The van der Waals surface area contributed by atoms with Crippen LogP contribution in [0.5, 0.6) is 0 Å². The van der Waals surface area contributed by atoms with Gasteiger partial charge in [-0.25, -0.2) is 0 Å². The van der Waals surface area contributed by atoms with Gasteiger partial charge in [-0.2, -0.15) is 0 Å². The Kier molecular flexibility index (Phi) is 3.41. The summed E-state index contributed by atoms with van der Waals surface area (Å²) in [4.78, 5) is -0.132. The summed E-state index contributed by atoms with van der Waals surface area (Å²) in [6.45, 7) is 0. The van der Waals surface area contributed by atoms with E-state index in [9.17, 15) is 4.39 Å². The van der Waals surface area contributed by atoms with Crippen molar-refractivity contribution in [2.24, 2.45) is 0 Å². The molecule has 2 aliphatic rings. The average Bonchev–Trinajstić information content (AvgIpc) is 3.14. The minimum absolute atomic E-state index is 0.132. The number of alkyl halides is 1. The fourth-order valence-corrected chi connectivity index (χ4v) is 7.77. The van der Waals surface area contributed by atoms with Crippen molar-refractivity contribution in [3.05, 3.63) is 82.9 Å². The van der Waals surface area contributed by atoms with Gasteiger partial charge < -0.3 is 0 Å². The maximum atomic E-state index is 14.0. The molecule has 0 N–H and O–H groups in total. The van der Waals surface area contributed by atoms with Crippen LogP contribution < -0.4 is 0 Å². The third-order valence-electron chi connectivity index (χ3n) is 4.55. The van der Waals surface area contributed by atoms with Crippen LogP contribution in [-0.2, 0) is 17.9 Å². The zero-order valence-corrected chi connectivity index (χ0v) is 13.2. The fraction of sp³-hybridized carbons (Fsp3) is 0.158. The van der Waals surface area contributed by atoms with Gasteiger partial charge in [-0.05, 0) is 0 Å². The van der Waals surface area contributed by atoms with Crippen molar-refractivity contribution >= 4 is 12.2 Å². The number of halogens is 1. The number of hydrogen-bond donors (Lipinski definition) is 0. The van der Waals surface area contributed by atoms with Gasteiger partial charge in [0.15, 0.2) is 0 Å². The zero-order chi connectivity index (χ0) is 14.2. The Morgan fingerprint density at radius 2 is 1.24 bits per heavy atom. The van der Waals surface area contributed by atoms with E-state index >= 15 is 0 Å². The van der Waals surface area contributed by atoms with E-state index in [1.807, 2.05) is 0 Å². The Morgan fingerprint density at radius 3 is 1.71 bits per heavy atom. The number of hydrogen-bond acceptors (Lipinski definition) is 0. The van der Waals surface area contributed by atoms with Crippen LogP contribution in [0.1, 0.15) is 30.7 Å². The van der Waals surface area contributed by atoms with Crippen LogP contribution >= 0.6 is 0 Å². The van der Waals surface area contributed by atoms with Gasteiger partial charge in [0, 0.05) is 0 Å². The summed E-state index contributed by atoms with van der Waals surface area (Å²) in [7, 11) is 0. The number of benzene rings is 2. The molecule has 2 heteroatoms. The van der Waals surface area contributed by atoms with Gasteiger partial charge in [0.1, 0.15) is 0 Å². The predicted octanol–water partition coefficient (Wildman–Crippen LogP) is 5.07. The summed E-state index contributed by atoms with van der Waals surface area (Å²) in [6, 6.07) is 16.9. The van der Waals surface area contributed by atoms with Gasteiger partial charge in [-0.15, -0.1) is 0 Å². The van der Waals surface area contributed by atoms with E-state index in [4.69, 9.17) is 0 Å². The van der Waals surface area contributed by atoms with Crippen LogP contribution in [-0.4, -0.2) is 4.98 Å². The van der Waals surface area contributed by atoms with E-state index in [1.165, 1.54) is 22.3 Å². The van der Waals surface area contributed by atoms with Gasteiger partial charge in [-0.3, -0.25) is 0 Å². The monoisotopic (exact) mass is 311 g/mol. The van der Waals surface area contributed by atoms with Crippen LogP contribution in [0.15, 0.2) is 60.7 Å². The van der Waals surface area contributed by atoms with Crippen molar-refractivity contribution in [3.8, 4) is 0 Å². The Morgan fingerprint density at radius 1 is 0.762 bits per heavy atom. The molecule has 0 aromatic heterocycles. The first-order valence-electron chi connectivity index (χ1n) is 7.34. The SMILES string of the molecule is F[CH2][Ti]([CH]1C=Cc2ccccc21)[CH]1C=Cc2ccccc21. The van der Waals surface area contributed by atoms with Crippen molar-refractivity contribution in [1.29, 1.82) is 0 Å². The molecule has 0 saturated carbocycles. The molecule has 0 heterocycles. The summed E-state index contributed by atoms with van der Waals surface area (Å²) < 4.78 is 14.6. The first-order chi connectivity index (χ1) is 10.4. The van der Waals surface area contributed by atoms with Crippen LogP contribution in [0.25, 0.3) is 12.2 Å². The molecular formula is C19H16FTi. The van der Waals surface area contributed by atoms with Crippen molar-refractivity contribution in [2.75, 3.05) is 4.98 Å². The van der Waals surface area contributed by atoms with Crippen LogP contribution in [0.4, 0.5) is 4.39 Å². The average molecular weight is 311 g/mol. The van der Waals surface area contributed by atoms with E-state index in [2.05, 4.69) is 72.8 Å². The van der Waals surface area contributed by atoms with Crippen molar-refractivity contribution in [2.45, 2.75) is 8.45 Å². The quantitative estimate of drug-likeness (QED) is 0.694. The van der Waals surface area contributed by atoms with Gasteiger partial charge in [0.2, 0.25) is 0 Å². The topological polar surface area (TPSA) is 0 Å². The normalized spacial score (nSPS) is 21.4. The molecule has 0 radical (unpaired) electrons. The zero-order valence-electron chi connectivity index (χ0n) is 11.7. The molecule has 0 amide bonds. The molecule has 0 nitrogen and oxygen atoms in total. The molecule has 2 unspecified atom stereocenters. The first kappa shape index (κ1) is 13.2. The van der Waals surface area contributed by atoms with Crippen molar-refractivity contribution in [3.63, 3.8) is 0 Å². The first-order valence-corrected chi connectivity index (χ1v) is 10.2. The molecule has 2 aromatic rings. The number of allylic oxidation sites excluding steroid dienone is 2. The summed E-state index contributed by atoms with van der Waals surface area (Å²) in [5, 5.41) is 0. The summed E-state index contributed by atoms with van der Waals surface area (Å²) in [6.07, 6.45) is 8.84. The molecule has 103 valence electrons. The predicted molar refractivity (Wildman–Crippen MR) is 82.4 cm³/mol. The third-order valence-corrected chi connectivity index (χ3v) is 9.10. The molecular weight excluding hydrogens is 295 g/mol. The number of rotatable bonds is 3. The minimum atomic E-state index is -1.95. The van der Waals surface area contributed by atoms with Gasteiger partial charge in [-0.1, -0.05) is 0 Å². The summed E-state index contributed by atoms with van der Waals surface area (Å²) in [5.41, 5.74) is 5.22. The van der Waals surface area contributed by atoms with Gasteiger partial charge in [0.25, 0.3) is 0 Å². The van der Waals surface area contributed by atoms with Crippen LogP contribution in [0.2, 0.25) is 0 Å². The van der Waals surface area contributed by atoms with E-state index in [-0.39, 0.29) is 4.98 Å². The molecule has 2 atom stereocenters. The molecule has 0 aliphatic heterocycles. The van der Waals surface area contributed by atoms with Crippen molar-refractivity contribution in [1.82, 2.24) is 0 Å². The van der Waals surface area contributed by atoms with Crippen LogP contribution in [0.3, 0.4) is 0 Å². The van der Waals surface area contributed by atoms with E-state index in [0.29, 0.717) is 8.45 Å². The summed E-state index contributed by atoms with van der Waals surface area (Å²) >= 11 is -1.95. The number of fused-ring (bicyclic) bond motifs is 2. The third kappa shape index (κ3) is 2.16. The molecule has 0 spiro atoms. The molecule has 0 fully saturated rings. The molecule has 2 aliphatic carbocycles. The molecule has 2 aromatic carbocycles. The maximum absolute atomic E-state index is 14.0. The second kappa shape index (κ2) is 5.40. The van der Waals surface area contributed by atoms with Crippen LogP contribution in [0, 0.1) is 0 Å². The summed E-state index contributed by atoms with van der Waals surface area (Å²) in [5.74, 6) is 0. The van der Waals surface area contributed by atoms with Gasteiger partial charge >= 0.3 is 131 Å². The van der Waals surface area contributed by atoms with Gasteiger partial charge in [0.05, 0.1) is 0 Å². The molecule has 0 bridgehead atoms. The van der Waals surface area contributed by atoms with Crippen molar-refractivity contribution < 1.29 is 22.3 Å². The second-order valence-corrected chi connectivity index (χ2v) is 9.80. The standard InChI is InChI=1S/2C9H7.CH2F.Ti/c2*1-2-5-9-7-3-6-8(9)4-1;1-2;/h2*1-7H;1H2;. The Balaban J connectivity index is 1.72. The molecule has 0 saturated heterocycles. The Hall–Kier alpha value is -1.44. The Labute approximate surface area is 130 Å². The Bertz CT molecular complexity index is 670. The fourth-order valence-electron chi connectivity index (χ4n) is 3.51. The molecule has 4 rings (SSSR count). The van der Waals surface area contributed by atoms with E-state index in [0.717, 1.165) is 0 Å². The van der Waals surface area contributed by atoms with E-state index in [1.54, 1.807) is 0 Å². The second-order valence-electron chi connectivity index (χ2n) is 5.64. The van der Waals surface area contributed by atoms with E-state index < -0.39 is 17.9 Å². The molecule has 21 heavy (non-hydrogen) atoms.